The van der Waals surface area contributed by atoms with Crippen LogP contribution in [0.3, 0.4) is 0 Å². The van der Waals surface area contributed by atoms with E-state index < -0.39 is 10.0 Å². The summed E-state index contributed by atoms with van der Waals surface area (Å²) in [5.41, 5.74) is 7.96. The lowest BCUT2D eigenvalue weighted by Gasteiger charge is -2.33. The Labute approximate surface area is 161 Å². The van der Waals surface area contributed by atoms with E-state index in [2.05, 4.69) is 71.2 Å². The van der Waals surface area contributed by atoms with Gasteiger partial charge in [0.05, 0.1) is 0 Å². The molecule has 2 nitrogen and oxygen atoms in total. The molecule has 1 aromatic rings. The summed E-state index contributed by atoms with van der Waals surface area (Å²) in [5.74, 6) is 0. The first-order valence-corrected chi connectivity index (χ1v) is 11.4. The summed E-state index contributed by atoms with van der Waals surface area (Å²) in [6, 6.07) is 2.33. The summed E-state index contributed by atoms with van der Waals surface area (Å²) < 4.78 is 9.56. The number of allylic oxidation sites excluding steroid dienone is 6. The van der Waals surface area contributed by atoms with Gasteiger partial charge in [0.1, 0.15) is 21.0 Å². The summed E-state index contributed by atoms with van der Waals surface area (Å²) in [7, 11) is 1.27. The minimum absolute atomic E-state index is 0.106. The van der Waals surface area contributed by atoms with E-state index in [0.717, 1.165) is 27.4 Å². The Morgan fingerprint density at radius 1 is 1.08 bits per heavy atom. The summed E-state index contributed by atoms with van der Waals surface area (Å²) in [4.78, 5) is 0. The third-order valence-corrected chi connectivity index (χ3v) is 6.89. The van der Waals surface area contributed by atoms with Crippen molar-refractivity contribution in [3.05, 3.63) is 83.0 Å². The molecule has 1 aliphatic rings. The minimum Gasteiger partial charge on any atom is -0.449 e. The molecule has 0 saturated carbocycles. The SMILES string of the molecule is C=CC1=CC(C=C)(c2cc(C)c(C)c(C)c2C)CC=C1.[SiH3]O[SiH2]O[SiH3]. The zero-order valence-electron chi connectivity index (χ0n) is 16.6. The standard InChI is InChI=1S/C20H24.H8O2Si3/c1-7-18-10-9-11-20(8-2,13-18)19-12-14(3)15(4)16(5)17(19)6;3-1-5-2-4/h7-10,12-13H,1-2,11H2,3-6H3;5H2,3-4H3. The summed E-state index contributed by atoms with van der Waals surface area (Å²) >= 11 is 0. The van der Waals surface area contributed by atoms with Gasteiger partial charge >= 0.3 is 0 Å². The molecule has 0 fully saturated rings. The Balaban J connectivity index is 0.000000550. The molecule has 0 radical (unpaired) electrons. The van der Waals surface area contributed by atoms with E-state index in [1.54, 1.807) is 0 Å². The predicted molar refractivity (Wildman–Crippen MR) is 120 cm³/mol. The van der Waals surface area contributed by atoms with E-state index in [-0.39, 0.29) is 5.41 Å². The number of hydrogen-bond acceptors (Lipinski definition) is 2. The van der Waals surface area contributed by atoms with E-state index in [9.17, 15) is 0 Å². The normalized spacial score (nSPS) is 19.6. The van der Waals surface area contributed by atoms with Crippen molar-refractivity contribution < 1.29 is 8.23 Å². The molecule has 0 aromatic heterocycles. The van der Waals surface area contributed by atoms with Crippen LogP contribution in [0.15, 0.2) is 55.2 Å². The Morgan fingerprint density at radius 3 is 2.20 bits per heavy atom. The van der Waals surface area contributed by atoms with Crippen molar-refractivity contribution in [2.45, 2.75) is 39.5 Å². The highest BCUT2D eigenvalue weighted by Crippen LogP contribution is 2.39. The van der Waals surface area contributed by atoms with Gasteiger partial charge < -0.3 is 8.23 Å². The highest BCUT2D eigenvalue weighted by Gasteiger charge is 2.29. The second kappa shape index (κ2) is 10.0. The van der Waals surface area contributed by atoms with Crippen LogP contribution in [0.25, 0.3) is 0 Å². The van der Waals surface area contributed by atoms with Gasteiger partial charge in [0.25, 0.3) is 10.0 Å². The van der Waals surface area contributed by atoms with E-state index in [1.807, 2.05) is 6.08 Å². The molecule has 0 bridgehead atoms. The lowest BCUT2D eigenvalue weighted by molar-refractivity contribution is 0.513. The summed E-state index contributed by atoms with van der Waals surface area (Å²) in [6.07, 6.45) is 11.6. The highest BCUT2D eigenvalue weighted by atomic mass is 28.3. The maximum Gasteiger partial charge on any atom is 0.282 e. The van der Waals surface area contributed by atoms with Crippen molar-refractivity contribution in [3.8, 4) is 0 Å². The highest BCUT2D eigenvalue weighted by molar-refractivity contribution is 6.33. The Hall–Kier alpha value is -1.25. The number of rotatable bonds is 5. The lowest BCUT2D eigenvalue weighted by Crippen LogP contribution is -2.24. The van der Waals surface area contributed by atoms with Gasteiger partial charge in [-0.25, -0.2) is 0 Å². The van der Waals surface area contributed by atoms with Gasteiger partial charge in [-0.2, -0.15) is 0 Å². The third-order valence-electron chi connectivity index (χ3n) is 5.01. The fourth-order valence-electron chi connectivity index (χ4n) is 3.17. The van der Waals surface area contributed by atoms with Gasteiger partial charge in [-0.3, -0.25) is 0 Å². The van der Waals surface area contributed by atoms with Crippen molar-refractivity contribution in [1.29, 1.82) is 0 Å². The smallest absolute Gasteiger partial charge is 0.282 e. The summed E-state index contributed by atoms with van der Waals surface area (Å²) in [5, 5.41) is 0. The van der Waals surface area contributed by atoms with Crippen LogP contribution in [-0.4, -0.2) is 31.0 Å². The Morgan fingerprint density at radius 2 is 1.72 bits per heavy atom. The van der Waals surface area contributed by atoms with Crippen LogP contribution in [-0.2, 0) is 13.6 Å². The predicted octanol–water partition coefficient (Wildman–Crippen LogP) is 2.00. The van der Waals surface area contributed by atoms with Crippen molar-refractivity contribution in [2.24, 2.45) is 0 Å². The molecular weight excluding hydrogens is 356 g/mol. The van der Waals surface area contributed by atoms with E-state index >= 15 is 0 Å². The molecule has 0 aliphatic heterocycles. The number of benzene rings is 1. The van der Waals surface area contributed by atoms with Crippen LogP contribution in [0.4, 0.5) is 0 Å². The number of aryl methyl sites for hydroxylation is 1. The van der Waals surface area contributed by atoms with E-state index in [1.165, 1.54) is 33.4 Å². The molecule has 0 saturated heterocycles. The Bertz CT molecular complexity index is 691. The molecule has 5 heteroatoms. The maximum atomic E-state index is 4.78. The molecule has 25 heavy (non-hydrogen) atoms. The molecule has 2 rings (SSSR count). The first-order chi connectivity index (χ1) is 11.9. The monoisotopic (exact) mass is 388 g/mol. The van der Waals surface area contributed by atoms with E-state index in [4.69, 9.17) is 8.23 Å². The molecule has 0 N–H and O–H groups in total. The van der Waals surface area contributed by atoms with Crippen LogP contribution in [0.2, 0.25) is 0 Å². The van der Waals surface area contributed by atoms with Crippen LogP contribution in [0, 0.1) is 27.7 Å². The van der Waals surface area contributed by atoms with Crippen molar-refractivity contribution in [2.75, 3.05) is 0 Å². The van der Waals surface area contributed by atoms with Crippen molar-refractivity contribution in [3.63, 3.8) is 0 Å². The fraction of sp³-hybridized carbons (Fsp3) is 0.300. The molecule has 0 amide bonds. The first-order valence-electron chi connectivity index (χ1n) is 8.58. The largest absolute Gasteiger partial charge is 0.449 e. The molecule has 1 aromatic carbocycles. The van der Waals surface area contributed by atoms with Gasteiger partial charge in [-0.15, -0.1) is 6.58 Å². The van der Waals surface area contributed by atoms with Gasteiger partial charge in [0.2, 0.25) is 0 Å². The quantitative estimate of drug-likeness (QED) is 0.567. The molecular formula is C20H32O2Si3. The lowest BCUT2D eigenvalue weighted by atomic mass is 9.71. The second-order valence-electron chi connectivity index (χ2n) is 6.51. The van der Waals surface area contributed by atoms with Gasteiger partial charge in [0, 0.05) is 5.41 Å². The average Bonchev–Trinajstić information content (AvgIpc) is 2.64. The third kappa shape index (κ3) is 5.12. The second-order valence-corrected chi connectivity index (χ2v) is 11.4. The van der Waals surface area contributed by atoms with Crippen LogP contribution in [0.1, 0.15) is 34.2 Å². The molecule has 1 atom stereocenters. The zero-order valence-corrected chi connectivity index (χ0v) is 22.0. The van der Waals surface area contributed by atoms with E-state index in [0.29, 0.717) is 0 Å². The topological polar surface area (TPSA) is 18.5 Å². The van der Waals surface area contributed by atoms with Crippen molar-refractivity contribution >= 4 is 31.0 Å². The van der Waals surface area contributed by atoms with Gasteiger partial charge in [-0.1, -0.05) is 43.0 Å². The van der Waals surface area contributed by atoms with Crippen molar-refractivity contribution in [1.82, 2.24) is 0 Å². The molecule has 136 valence electrons. The molecule has 1 aliphatic carbocycles. The molecule has 1 unspecified atom stereocenters. The Kier molecular flexibility index (Phi) is 8.75. The molecule has 0 spiro atoms. The fourth-order valence-corrected chi connectivity index (χ4v) is 6.24. The zero-order chi connectivity index (χ0) is 19.0. The number of hydrogen-bond donors (Lipinski definition) is 0. The van der Waals surface area contributed by atoms with Gasteiger partial charge in [0.15, 0.2) is 0 Å². The van der Waals surface area contributed by atoms with Gasteiger partial charge in [-0.05, 0) is 67.5 Å². The van der Waals surface area contributed by atoms with Crippen LogP contribution < -0.4 is 0 Å². The average molecular weight is 389 g/mol. The van der Waals surface area contributed by atoms with Crippen LogP contribution >= 0.6 is 0 Å². The summed E-state index contributed by atoms with van der Waals surface area (Å²) in [6.45, 7) is 16.8. The molecule has 0 heterocycles. The minimum atomic E-state index is -0.444. The maximum absolute atomic E-state index is 4.78. The van der Waals surface area contributed by atoms with Crippen LogP contribution in [0.5, 0.6) is 0 Å². The first kappa shape index (κ1) is 21.8.